The Morgan fingerprint density at radius 3 is 2.57 bits per heavy atom. The molecule has 2 nitrogen and oxygen atoms in total. The summed E-state index contributed by atoms with van der Waals surface area (Å²) in [6.45, 7) is 5.30. The third kappa shape index (κ3) is 6.86. The van der Waals surface area contributed by atoms with Crippen LogP contribution in [-0.4, -0.2) is 24.5 Å². The van der Waals surface area contributed by atoms with Crippen molar-refractivity contribution in [1.82, 2.24) is 5.32 Å². The lowest BCUT2D eigenvalue weighted by Gasteiger charge is -2.20. The number of thioether (sulfide) groups is 1. The van der Waals surface area contributed by atoms with Gasteiger partial charge >= 0.3 is 0 Å². The van der Waals surface area contributed by atoms with Gasteiger partial charge in [0, 0.05) is 17.5 Å². The van der Waals surface area contributed by atoms with Gasteiger partial charge in [0.15, 0.2) is 0 Å². The van der Waals surface area contributed by atoms with Crippen LogP contribution in [0.3, 0.4) is 0 Å². The number of rotatable bonds is 11. The molecule has 1 unspecified atom stereocenters. The molecule has 0 heterocycles. The summed E-state index contributed by atoms with van der Waals surface area (Å²) in [5, 5.41) is 12.6. The zero-order valence-electron chi connectivity index (χ0n) is 13.8. The number of benzene rings is 1. The minimum absolute atomic E-state index is 0.203. The Morgan fingerprint density at radius 1 is 1.19 bits per heavy atom. The van der Waals surface area contributed by atoms with E-state index in [1.165, 1.54) is 48.1 Å². The van der Waals surface area contributed by atoms with Crippen LogP contribution in [0.2, 0.25) is 0 Å². The molecule has 0 radical (unpaired) electrons. The van der Waals surface area contributed by atoms with Crippen molar-refractivity contribution in [3.05, 3.63) is 29.3 Å². The van der Waals surface area contributed by atoms with Crippen LogP contribution in [0.15, 0.2) is 23.1 Å². The van der Waals surface area contributed by atoms with Gasteiger partial charge in [-0.2, -0.15) is 0 Å². The van der Waals surface area contributed by atoms with Gasteiger partial charge in [-0.3, -0.25) is 0 Å². The molecule has 21 heavy (non-hydrogen) atoms. The predicted molar refractivity (Wildman–Crippen MR) is 94.2 cm³/mol. The maximum atomic E-state index is 9.07. The first-order valence-corrected chi connectivity index (χ1v) is 9.44. The van der Waals surface area contributed by atoms with Gasteiger partial charge < -0.3 is 10.4 Å². The van der Waals surface area contributed by atoms with E-state index in [2.05, 4.69) is 43.6 Å². The number of hydrogen-bond acceptors (Lipinski definition) is 3. The first-order valence-electron chi connectivity index (χ1n) is 8.21. The molecule has 0 amide bonds. The summed E-state index contributed by atoms with van der Waals surface area (Å²) in [4.78, 5) is 1.35. The molecule has 1 atom stereocenters. The molecule has 120 valence electrons. The van der Waals surface area contributed by atoms with Crippen molar-refractivity contribution in [3.8, 4) is 0 Å². The van der Waals surface area contributed by atoms with Crippen LogP contribution >= 0.6 is 11.8 Å². The zero-order chi connectivity index (χ0) is 15.5. The fourth-order valence-electron chi connectivity index (χ4n) is 2.70. The molecule has 0 fully saturated rings. The second-order valence-electron chi connectivity index (χ2n) is 5.66. The second-order valence-corrected chi connectivity index (χ2v) is 6.51. The third-order valence-electron chi connectivity index (χ3n) is 3.92. The summed E-state index contributed by atoms with van der Waals surface area (Å²) >= 11 is 1.80. The standard InChI is InChI=1S/C18H31NOS/c1-4-5-6-7-8-9-17(19-12-13-20)16-10-11-18(21-3)15(2)14-16/h10-11,14,17,19-20H,4-9,12-13H2,1-3H3. The van der Waals surface area contributed by atoms with E-state index < -0.39 is 0 Å². The van der Waals surface area contributed by atoms with Crippen molar-refractivity contribution < 1.29 is 5.11 Å². The minimum atomic E-state index is 0.203. The summed E-state index contributed by atoms with van der Waals surface area (Å²) in [6, 6.07) is 7.13. The maximum absolute atomic E-state index is 9.07. The van der Waals surface area contributed by atoms with E-state index in [9.17, 15) is 0 Å². The highest BCUT2D eigenvalue weighted by atomic mass is 32.2. The van der Waals surface area contributed by atoms with Gasteiger partial charge in [0.2, 0.25) is 0 Å². The van der Waals surface area contributed by atoms with Gasteiger partial charge in [0.05, 0.1) is 6.61 Å². The molecule has 0 aromatic heterocycles. The van der Waals surface area contributed by atoms with Crippen LogP contribution in [0.1, 0.15) is 62.6 Å². The third-order valence-corrected chi connectivity index (χ3v) is 4.82. The molecular weight excluding hydrogens is 278 g/mol. The Balaban J connectivity index is 2.61. The van der Waals surface area contributed by atoms with Crippen molar-refractivity contribution in [2.75, 3.05) is 19.4 Å². The first-order chi connectivity index (χ1) is 10.2. The van der Waals surface area contributed by atoms with E-state index in [1.807, 2.05) is 0 Å². The largest absolute Gasteiger partial charge is 0.395 e. The highest BCUT2D eigenvalue weighted by molar-refractivity contribution is 7.98. The zero-order valence-corrected chi connectivity index (χ0v) is 14.6. The molecule has 0 spiro atoms. The van der Waals surface area contributed by atoms with E-state index in [-0.39, 0.29) is 6.61 Å². The number of hydrogen-bond donors (Lipinski definition) is 2. The van der Waals surface area contributed by atoms with E-state index in [1.54, 1.807) is 11.8 Å². The Hall–Kier alpha value is -0.510. The molecule has 2 N–H and O–H groups in total. The van der Waals surface area contributed by atoms with Crippen LogP contribution in [0, 0.1) is 6.92 Å². The van der Waals surface area contributed by atoms with Gasteiger partial charge in [-0.15, -0.1) is 11.8 Å². The Morgan fingerprint density at radius 2 is 1.95 bits per heavy atom. The molecule has 0 aliphatic carbocycles. The molecule has 1 aromatic rings. The average molecular weight is 310 g/mol. The fourth-order valence-corrected chi connectivity index (χ4v) is 3.28. The van der Waals surface area contributed by atoms with Crippen LogP contribution in [-0.2, 0) is 0 Å². The van der Waals surface area contributed by atoms with Crippen molar-refractivity contribution >= 4 is 11.8 Å². The molecular formula is C18H31NOS. The minimum Gasteiger partial charge on any atom is -0.395 e. The Bertz CT molecular complexity index is 395. The van der Waals surface area contributed by atoms with E-state index in [0.717, 1.165) is 6.42 Å². The normalized spacial score (nSPS) is 12.6. The monoisotopic (exact) mass is 309 g/mol. The van der Waals surface area contributed by atoms with Crippen molar-refractivity contribution in [3.63, 3.8) is 0 Å². The highest BCUT2D eigenvalue weighted by Crippen LogP contribution is 2.26. The number of aliphatic hydroxyl groups is 1. The summed E-state index contributed by atoms with van der Waals surface area (Å²) in [7, 11) is 0. The first kappa shape index (κ1) is 18.5. The Labute approximate surface area is 134 Å². The van der Waals surface area contributed by atoms with E-state index in [4.69, 9.17) is 5.11 Å². The predicted octanol–water partition coefficient (Wildman–Crippen LogP) is 4.70. The van der Waals surface area contributed by atoms with Crippen LogP contribution < -0.4 is 5.32 Å². The smallest absolute Gasteiger partial charge is 0.0556 e. The van der Waals surface area contributed by atoms with Crippen LogP contribution in [0.4, 0.5) is 0 Å². The lowest BCUT2D eigenvalue weighted by Crippen LogP contribution is -2.24. The fraction of sp³-hybridized carbons (Fsp3) is 0.667. The number of unbranched alkanes of at least 4 members (excludes halogenated alkanes) is 4. The van der Waals surface area contributed by atoms with Crippen molar-refractivity contribution in [2.45, 2.75) is 63.3 Å². The Kier molecular flexibility index (Phi) is 9.81. The molecule has 3 heteroatoms. The van der Waals surface area contributed by atoms with Gasteiger partial charge in [-0.25, -0.2) is 0 Å². The lowest BCUT2D eigenvalue weighted by molar-refractivity contribution is 0.281. The van der Waals surface area contributed by atoms with E-state index in [0.29, 0.717) is 12.6 Å². The van der Waals surface area contributed by atoms with Crippen molar-refractivity contribution in [2.24, 2.45) is 0 Å². The average Bonchev–Trinajstić information content (AvgIpc) is 2.50. The molecule has 0 aliphatic rings. The highest BCUT2D eigenvalue weighted by Gasteiger charge is 2.11. The summed E-state index contributed by atoms with van der Waals surface area (Å²) in [6.07, 6.45) is 9.82. The molecule has 0 aliphatic heterocycles. The summed E-state index contributed by atoms with van der Waals surface area (Å²) in [5.41, 5.74) is 2.70. The summed E-state index contributed by atoms with van der Waals surface area (Å²) in [5.74, 6) is 0. The molecule has 1 rings (SSSR count). The topological polar surface area (TPSA) is 32.3 Å². The van der Waals surface area contributed by atoms with Gasteiger partial charge in [-0.05, 0) is 36.8 Å². The number of aliphatic hydroxyl groups excluding tert-OH is 1. The van der Waals surface area contributed by atoms with Gasteiger partial charge in [0.25, 0.3) is 0 Å². The van der Waals surface area contributed by atoms with Crippen molar-refractivity contribution in [1.29, 1.82) is 0 Å². The number of nitrogens with one attached hydrogen (secondary N) is 1. The second kappa shape index (κ2) is 11.1. The van der Waals surface area contributed by atoms with Crippen LogP contribution in [0.25, 0.3) is 0 Å². The SMILES string of the molecule is CCCCCCCC(NCCO)c1ccc(SC)c(C)c1. The van der Waals surface area contributed by atoms with Crippen LogP contribution in [0.5, 0.6) is 0 Å². The molecule has 0 saturated carbocycles. The van der Waals surface area contributed by atoms with Gasteiger partial charge in [-0.1, -0.05) is 51.2 Å². The molecule has 1 aromatic carbocycles. The maximum Gasteiger partial charge on any atom is 0.0556 e. The van der Waals surface area contributed by atoms with Gasteiger partial charge in [0.1, 0.15) is 0 Å². The lowest BCUT2D eigenvalue weighted by atomic mass is 9.98. The summed E-state index contributed by atoms with van der Waals surface area (Å²) < 4.78 is 0. The van der Waals surface area contributed by atoms with E-state index >= 15 is 0 Å². The number of aryl methyl sites for hydroxylation is 1. The quantitative estimate of drug-likeness (QED) is 0.459. The molecule has 0 saturated heterocycles. The molecule has 0 bridgehead atoms.